The SMILES string of the molecule is CC1CN(C(=O)C2CCOCC2)CC1N. The molecule has 2 saturated heterocycles. The molecule has 0 bridgehead atoms. The number of nitrogens with two attached hydrogens (primary N) is 1. The van der Waals surface area contributed by atoms with Gasteiger partial charge >= 0.3 is 0 Å². The number of rotatable bonds is 1. The predicted octanol–water partition coefficient (Wildman–Crippen LogP) is 0.219. The lowest BCUT2D eigenvalue weighted by Crippen LogP contribution is -2.38. The van der Waals surface area contributed by atoms with Gasteiger partial charge in [-0.05, 0) is 18.8 Å². The van der Waals surface area contributed by atoms with E-state index in [1.54, 1.807) is 0 Å². The van der Waals surface area contributed by atoms with Crippen LogP contribution in [0, 0.1) is 11.8 Å². The molecule has 0 saturated carbocycles. The van der Waals surface area contributed by atoms with Gasteiger partial charge in [0.1, 0.15) is 0 Å². The molecule has 4 nitrogen and oxygen atoms in total. The Labute approximate surface area is 90.8 Å². The minimum Gasteiger partial charge on any atom is -0.381 e. The molecule has 2 aliphatic heterocycles. The second-order valence-electron chi connectivity index (χ2n) is 4.77. The van der Waals surface area contributed by atoms with E-state index in [1.807, 2.05) is 4.90 Å². The van der Waals surface area contributed by atoms with E-state index in [4.69, 9.17) is 10.5 Å². The van der Waals surface area contributed by atoms with E-state index >= 15 is 0 Å². The summed E-state index contributed by atoms with van der Waals surface area (Å²) in [6.07, 6.45) is 1.75. The van der Waals surface area contributed by atoms with Crippen LogP contribution in [0.3, 0.4) is 0 Å². The third kappa shape index (κ3) is 2.32. The largest absolute Gasteiger partial charge is 0.381 e. The van der Waals surface area contributed by atoms with Crippen LogP contribution in [0.5, 0.6) is 0 Å². The normalized spacial score (nSPS) is 33.3. The third-order valence-corrected chi connectivity index (χ3v) is 3.55. The number of amides is 1. The minimum atomic E-state index is 0.161. The maximum atomic E-state index is 12.1. The number of likely N-dealkylation sites (tertiary alicyclic amines) is 1. The second-order valence-corrected chi connectivity index (χ2v) is 4.77. The molecule has 0 aromatic carbocycles. The van der Waals surface area contributed by atoms with Crippen molar-refractivity contribution < 1.29 is 9.53 Å². The zero-order valence-corrected chi connectivity index (χ0v) is 9.32. The summed E-state index contributed by atoms with van der Waals surface area (Å²) in [4.78, 5) is 14.0. The summed E-state index contributed by atoms with van der Waals surface area (Å²) in [7, 11) is 0. The Morgan fingerprint density at radius 1 is 1.33 bits per heavy atom. The highest BCUT2D eigenvalue weighted by Gasteiger charge is 2.33. The summed E-state index contributed by atoms with van der Waals surface area (Å²) in [6.45, 7) is 5.13. The van der Waals surface area contributed by atoms with Crippen molar-refractivity contribution in [1.82, 2.24) is 4.90 Å². The summed E-state index contributed by atoms with van der Waals surface area (Å²) < 4.78 is 5.26. The van der Waals surface area contributed by atoms with Crippen LogP contribution in [0.2, 0.25) is 0 Å². The van der Waals surface area contributed by atoms with Gasteiger partial charge in [0.05, 0.1) is 0 Å². The molecule has 1 amide bonds. The molecule has 2 fully saturated rings. The van der Waals surface area contributed by atoms with Gasteiger partial charge in [0.2, 0.25) is 5.91 Å². The zero-order chi connectivity index (χ0) is 10.8. The number of ether oxygens (including phenoxy) is 1. The highest BCUT2D eigenvalue weighted by Crippen LogP contribution is 2.22. The van der Waals surface area contributed by atoms with Crippen molar-refractivity contribution in [2.24, 2.45) is 17.6 Å². The number of carbonyl (C=O) groups excluding carboxylic acids is 1. The van der Waals surface area contributed by atoms with E-state index in [2.05, 4.69) is 6.92 Å². The monoisotopic (exact) mass is 212 g/mol. The molecule has 0 aromatic rings. The highest BCUT2D eigenvalue weighted by atomic mass is 16.5. The van der Waals surface area contributed by atoms with Crippen LogP contribution in [0.25, 0.3) is 0 Å². The van der Waals surface area contributed by atoms with E-state index in [1.165, 1.54) is 0 Å². The van der Waals surface area contributed by atoms with Crippen LogP contribution < -0.4 is 5.73 Å². The number of carbonyl (C=O) groups is 1. The van der Waals surface area contributed by atoms with Gasteiger partial charge < -0.3 is 15.4 Å². The van der Waals surface area contributed by atoms with Crippen LogP contribution in [0.1, 0.15) is 19.8 Å². The van der Waals surface area contributed by atoms with E-state index in [0.29, 0.717) is 5.92 Å². The van der Waals surface area contributed by atoms with E-state index < -0.39 is 0 Å². The van der Waals surface area contributed by atoms with Crippen LogP contribution in [0.15, 0.2) is 0 Å². The first-order chi connectivity index (χ1) is 7.18. The Morgan fingerprint density at radius 2 is 2.00 bits per heavy atom. The average Bonchev–Trinajstić information content (AvgIpc) is 2.59. The molecule has 15 heavy (non-hydrogen) atoms. The van der Waals surface area contributed by atoms with E-state index in [9.17, 15) is 4.79 Å². The average molecular weight is 212 g/mol. The fourth-order valence-electron chi connectivity index (χ4n) is 2.37. The Morgan fingerprint density at radius 3 is 2.53 bits per heavy atom. The van der Waals surface area contributed by atoms with Crippen molar-refractivity contribution in [3.63, 3.8) is 0 Å². The quantitative estimate of drug-likeness (QED) is 0.676. The van der Waals surface area contributed by atoms with Crippen molar-refractivity contribution in [3.8, 4) is 0 Å². The summed E-state index contributed by atoms with van der Waals surface area (Å²) in [5.41, 5.74) is 5.92. The van der Waals surface area contributed by atoms with Crippen molar-refractivity contribution in [2.45, 2.75) is 25.8 Å². The van der Waals surface area contributed by atoms with Crippen molar-refractivity contribution in [1.29, 1.82) is 0 Å². The van der Waals surface area contributed by atoms with Gasteiger partial charge in [0, 0.05) is 38.3 Å². The molecule has 0 radical (unpaired) electrons. The number of nitrogens with zero attached hydrogens (tertiary/aromatic N) is 1. The lowest BCUT2D eigenvalue weighted by molar-refractivity contribution is -0.137. The Kier molecular flexibility index (Phi) is 3.26. The summed E-state index contributed by atoms with van der Waals surface area (Å²) in [6, 6.07) is 0.161. The molecule has 2 unspecified atom stereocenters. The van der Waals surface area contributed by atoms with E-state index in [-0.39, 0.29) is 17.9 Å². The second kappa shape index (κ2) is 4.49. The molecule has 2 aliphatic rings. The van der Waals surface area contributed by atoms with Gasteiger partial charge in [-0.25, -0.2) is 0 Å². The first kappa shape index (κ1) is 10.9. The highest BCUT2D eigenvalue weighted by molar-refractivity contribution is 5.79. The van der Waals surface area contributed by atoms with Crippen molar-refractivity contribution in [2.75, 3.05) is 26.3 Å². The smallest absolute Gasteiger partial charge is 0.225 e. The van der Waals surface area contributed by atoms with Gasteiger partial charge in [0.25, 0.3) is 0 Å². The Balaban J connectivity index is 1.90. The first-order valence-corrected chi connectivity index (χ1v) is 5.80. The molecule has 86 valence electrons. The fourth-order valence-corrected chi connectivity index (χ4v) is 2.37. The number of hydrogen-bond donors (Lipinski definition) is 1. The zero-order valence-electron chi connectivity index (χ0n) is 9.32. The van der Waals surface area contributed by atoms with Crippen molar-refractivity contribution in [3.05, 3.63) is 0 Å². The molecule has 2 heterocycles. The maximum absolute atomic E-state index is 12.1. The molecular formula is C11H20N2O2. The number of hydrogen-bond acceptors (Lipinski definition) is 3. The standard InChI is InChI=1S/C11H20N2O2/c1-8-6-13(7-10(8)12)11(14)9-2-4-15-5-3-9/h8-10H,2-7,12H2,1H3. The summed E-state index contributed by atoms with van der Waals surface area (Å²) in [5, 5.41) is 0. The minimum absolute atomic E-state index is 0.161. The topological polar surface area (TPSA) is 55.6 Å². The Bertz CT molecular complexity index is 229. The van der Waals surface area contributed by atoms with E-state index in [0.717, 1.165) is 39.1 Å². The van der Waals surface area contributed by atoms with Crippen molar-refractivity contribution >= 4 is 5.91 Å². The summed E-state index contributed by atoms with van der Waals surface area (Å²) in [5.74, 6) is 0.906. The third-order valence-electron chi connectivity index (χ3n) is 3.55. The molecule has 2 N–H and O–H groups in total. The fraction of sp³-hybridized carbons (Fsp3) is 0.909. The molecule has 0 aliphatic carbocycles. The molecule has 4 heteroatoms. The maximum Gasteiger partial charge on any atom is 0.225 e. The molecular weight excluding hydrogens is 192 g/mol. The van der Waals surface area contributed by atoms with Gasteiger partial charge in [0.15, 0.2) is 0 Å². The summed E-state index contributed by atoms with van der Waals surface area (Å²) >= 11 is 0. The first-order valence-electron chi connectivity index (χ1n) is 5.80. The van der Waals surface area contributed by atoms with Crippen LogP contribution >= 0.6 is 0 Å². The molecule has 2 atom stereocenters. The molecule has 0 aromatic heterocycles. The lowest BCUT2D eigenvalue weighted by Gasteiger charge is -2.26. The van der Waals surface area contributed by atoms with Gasteiger partial charge in [-0.1, -0.05) is 6.92 Å². The van der Waals surface area contributed by atoms with Gasteiger partial charge in [-0.3, -0.25) is 4.79 Å². The molecule has 2 rings (SSSR count). The van der Waals surface area contributed by atoms with Crippen LogP contribution in [0.4, 0.5) is 0 Å². The van der Waals surface area contributed by atoms with Gasteiger partial charge in [-0.15, -0.1) is 0 Å². The Hall–Kier alpha value is -0.610. The van der Waals surface area contributed by atoms with Crippen LogP contribution in [-0.4, -0.2) is 43.2 Å². The van der Waals surface area contributed by atoms with Gasteiger partial charge in [-0.2, -0.15) is 0 Å². The van der Waals surface area contributed by atoms with Crippen LogP contribution in [-0.2, 0) is 9.53 Å². The predicted molar refractivity (Wildman–Crippen MR) is 57.3 cm³/mol. The molecule has 0 spiro atoms. The lowest BCUT2D eigenvalue weighted by atomic mass is 9.99.